The summed E-state index contributed by atoms with van der Waals surface area (Å²) in [5, 5.41) is 0. The van der Waals surface area contributed by atoms with Crippen molar-refractivity contribution in [3.8, 4) is 11.1 Å². The van der Waals surface area contributed by atoms with E-state index in [0.717, 1.165) is 0 Å². The minimum absolute atomic E-state index is 1.19. The van der Waals surface area contributed by atoms with Crippen molar-refractivity contribution >= 4 is 5.70 Å². The normalized spacial score (nSPS) is 15.7. The Labute approximate surface area is 121 Å². The average molecular weight is 263 g/mol. The highest BCUT2D eigenvalue weighted by Crippen LogP contribution is 2.26. The number of nitrogens with zero attached hydrogens (tertiary/aromatic N) is 1. The molecular formula is C19H21N. The fourth-order valence-corrected chi connectivity index (χ4v) is 2.95. The number of allylic oxidation sites excluding steroid dienone is 1. The van der Waals surface area contributed by atoms with Crippen LogP contribution in [0.4, 0.5) is 0 Å². The molecule has 0 unspecified atom stereocenters. The quantitative estimate of drug-likeness (QED) is 0.768. The Kier molecular flexibility index (Phi) is 3.87. The summed E-state index contributed by atoms with van der Waals surface area (Å²) in [6, 6.07) is 19.5. The second-order valence-electron chi connectivity index (χ2n) is 5.31. The Morgan fingerprint density at radius 2 is 1.45 bits per heavy atom. The van der Waals surface area contributed by atoms with Crippen LogP contribution in [0, 0.1) is 0 Å². The highest BCUT2D eigenvalue weighted by atomic mass is 15.1. The van der Waals surface area contributed by atoms with Crippen LogP contribution >= 0.6 is 0 Å². The van der Waals surface area contributed by atoms with Crippen LogP contribution in [-0.2, 0) is 0 Å². The molecule has 102 valence electrons. The number of rotatable bonds is 3. The van der Waals surface area contributed by atoms with Gasteiger partial charge in [0.05, 0.1) is 0 Å². The van der Waals surface area contributed by atoms with Gasteiger partial charge in [-0.3, -0.25) is 0 Å². The van der Waals surface area contributed by atoms with Gasteiger partial charge in [0.15, 0.2) is 0 Å². The van der Waals surface area contributed by atoms with Gasteiger partial charge in [0.25, 0.3) is 0 Å². The first kappa shape index (κ1) is 13.0. The van der Waals surface area contributed by atoms with Crippen LogP contribution < -0.4 is 0 Å². The molecule has 1 nitrogen and oxygen atoms in total. The van der Waals surface area contributed by atoms with E-state index in [-0.39, 0.29) is 0 Å². The maximum absolute atomic E-state index is 2.50. The molecule has 2 aromatic carbocycles. The van der Waals surface area contributed by atoms with Crippen molar-refractivity contribution in [1.82, 2.24) is 4.90 Å². The minimum atomic E-state index is 1.19. The van der Waals surface area contributed by atoms with Crippen molar-refractivity contribution < 1.29 is 0 Å². The first-order valence-corrected chi connectivity index (χ1v) is 7.45. The van der Waals surface area contributed by atoms with Gasteiger partial charge in [-0.1, -0.05) is 60.7 Å². The van der Waals surface area contributed by atoms with E-state index in [9.17, 15) is 0 Å². The third-order valence-electron chi connectivity index (χ3n) is 4.01. The van der Waals surface area contributed by atoms with Crippen molar-refractivity contribution in [3.05, 3.63) is 66.2 Å². The molecule has 0 saturated carbocycles. The SMILES string of the molecule is CC=C(c1ccc(-c2ccccc2)cc1)N1CCCC1. The summed E-state index contributed by atoms with van der Waals surface area (Å²) in [7, 11) is 0. The van der Waals surface area contributed by atoms with E-state index in [1.807, 2.05) is 0 Å². The van der Waals surface area contributed by atoms with Gasteiger partial charge in [0.1, 0.15) is 0 Å². The Morgan fingerprint density at radius 3 is 2.05 bits per heavy atom. The Hall–Kier alpha value is -2.02. The molecule has 0 atom stereocenters. The zero-order chi connectivity index (χ0) is 13.8. The third-order valence-corrected chi connectivity index (χ3v) is 4.01. The van der Waals surface area contributed by atoms with Gasteiger partial charge in [-0.25, -0.2) is 0 Å². The standard InChI is InChI=1S/C19H21N/c1-2-19(20-14-6-7-15-20)18-12-10-17(11-13-18)16-8-4-3-5-9-16/h2-5,8-13H,6-7,14-15H2,1H3. The molecule has 1 saturated heterocycles. The van der Waals surface area contributed by atoms with E-state index in [2.05, 4.69) is 72.5 Å². The van der Waals surface area contributed by atoms with E-state index in [1.165, 1.54) is 48.3 Å². The van der Waals surface area contributed by atoms with Gasteiger partial charge in [0, 0.05) is 18.8 Å². The Balaban J connectivity index is 1.85. The molecule has 0 aromatic heterocycles. The van der Waals surface area contributed by atoms with Crippen LogP contribution in [0.5, 0.6) is 0 Å². The highest BCUT2D eigenvalue weighted by molar-refractivity contribution is 5.69. The van der Waals surface area contributed by atoms with Gasteiger partial charge >= 0.3 is 0 Å². The predicted molar refractivity (Wildman–Crippen MR) is 86.3 cm³/mol. The number of likely N-dealkylation sites (tertiary alicyclic amines) is 1. The van der Waals surface area contributed by atoms with Gasteiger partial charge in [-0.05, 0) is 36.5 Å². The monoisotopic (exact) mass is 263 g/mol. The number of hydrogen-bond donors (Lipinski definition) is 0. The molecule has 1 heterocycles. The molecule has 0 bridgehead atoms. The fraction of sp³-hybridized carbons (Fsp3) is 0.263. The molecule has 20 heavy (non-hydrogen) atoms. The van der Waals surface area contributed by atoms with Crippen LogP contribution in [0.1, 0.15) is 25.3 Å². The second kappa shape index (κ2) is 5.96. The minimum Gasteiger partial charge on any atom is -0.371 e. The maximum atomic E-state index is 2.50. The topological polar surface area (TPSA) is 3.24 Å². The molecule has 0 N–H and O–H groups in total. The first-order valence-electron chi connectivity index (χ1n) is 7.45. The van der Waals surface area contributed by atoms with E-state index in [1.54, 1.807) is 0 Å². The van der Waals surface area contributed by atoms with Crippen molar-refractivity contribution in [3.63, 3.8) is 0 Å². The Morgan fingerprint density at radius 1 is 0.850 bits per heavy atom. The average Bonchev–Trinajstić information content (AvgIpc) is 3.04. The highest BCUT2D eigenvalue weighted by Gasteiger charge is 2.15. The first-order chi connectivity index (χ1) is 9.88. The van der Waals surface area contributed by atoms with Gasteiger partial charge in [-0.2, -0.15) is 0 Å². The Bertz CT molecular complexity index is 575. The summed E-state index contributed by atoms with van der Waals surface area (Å²) in [5.41, 5.74) is 5.27. The fourth-order valence-electron chi connectivity index (χ4n) is 2.95. The van der Waals surface area contributed by atoms with Crippen molar-refractivity contribution in [2.75, 3.05) is 13.1 Å². The molecule has 0 amide bonds. The lowest BCUT2D eigenvalue weighted by Gasteiger charge is -2.21. The summed E-state index contributed by atoms with van der Waals surface area (Å²) in [5.74, 6) is 0. The molecule has 0 spiro atoms. The summed E-state index contributed by atoms with van der Waals surface area (Å²) < 4.78 is 0. The van der Waals surface area contributed by atoms with E-state index in [0.29, 0.717) is 0 Å². The zero-order valence-electron chi connectivity index (χ0n) is 12.0. The molecule has 1 aliphatic heterocycles. The van der Waals surface area contributed by atoms with Crippen molar-refractivity contribution in [1.29, 1.82) is 0 Å². The smallest absolute Gasteiger partial charge is 0.0396 e. The molecular weight excluding hydrogens is 242 g/mol. The molecule has 1 heteroatoms. The maximum Gasteiger partial charge on any atom is 0.0396 e. The van der Waals surface area contributed by atoms with E-state index in [4.69, 9.17) is 0 Å². The van der Waals surface area contributed by atoms with Gasteiger partial charge in [-0.15, -0.1) is 0 Å². The van der Waals surface area contributed by atoms with E-state index >= 15 is 0 Å². The molecule has 0 aliphatic carbocycles. The molecule has 3 rings (SSSR count). The van der Waals surface area contributed by atoms with Crippen LogP contribution in [0.25, 0.3) is 16.8 Å². The van der Waals surface area contributed by atoms with Crippen LogP contribution in [0.2, 0.25) is 0 Å². The molecule has 0 radical (unpaired) electrons. The van der Waals surface area contributed by atoms with Crippen molar-refractivity contribution in [2.45, 2.75) is 19.8 Å². The van der Waals surface area contributed by atoms with Crippen molar-refractivity contribution in [2.24, 2.45) is 0 Å². The summed E-state index contributed by atoms with van der Waals surface area (Å²) >= 11 is 0. The molecule has 1 fully saturated rings. The number of hydrogen-bond acceptors (Lipinski definition) is 1. The molecule has 1 aliphatic rings. The van der Waals surface area contributed by atoms with Gasteiger partial charge in [0.2, 0.25) is 0 Å². The van der Waals surface area contributed by atoms with Crippen LogP contribution in [0.15, 0.2) is 60.7 Å². The lowest BCUT2D eigenvalue weighted by Crippen LogP contribution is -2.17. The lowest BCUT2D eigenvalue weighted by molar-refractivity contribution is 0.492. The molecule has 2 aromatic rings. The third kappa shape index (κ3) is 2.62. The number of benzene rings is 2. The van der Waals surface area contributed by atoms with Crippen LogP contribution in [-0.4, -0.2) is 18.0 Å². The van der Waals surface area contributed by atoms with Crippen LogP contribution in [0.3, 0.4) is 0 Å². The largest absolute Gasteiger partial charge is 0.371 e. The summed E-state index contributed by atoms with van der Waals surface area (Å²) in [4.78, 5) is 2.50. The lowest BCUT2D eigenvalue weighted by atomic mass is 10.0. The summed E-state index contributed by atoms with van der Waals surface area (Å²) in [6.07, 6.45) is 4.88. The zero-order valence-corrected chi connectivity index (χ0v) is 12.0. The summed E-state index contributed by atoms with van der Waals surface area (Å²) in [6.45, 7) is 4.53. The second-order valence-corrected chi connectivity index (χ2v) is 5.31. The predicted octanol–water partition coefficient (Wildman–Crippen LogP) is 4.81. The van der Waals surface area contributed by atoms with E-state index < -0.39 is 0 Å². The van der Waals surface area contributed by atoms with Gasteiger partial charge < -0.3 is 4.90 Å².